The topological polar surface area (TPSA) is 40.5 Å². The van der Waals surface area contributed by atoms with Gasteiger partial charge in [0, 0.05) is 13.6 Å². The Morgan fingerprint density at radius 2 is 2.13 bits per heavy atom. The Kier molecular flexibility index (Phi) is 3.66. The molecule has 82 valence electrons. The highest BCUT2D eigenvalue weighted by Crippen LogP contribution is 2.17. The lowest BCUT2D eigenvalue weighted by Gasteiger charge is -2.21. The van der Waals surface area contributed by atoms with E-state index in [0.717, 1.165) is 0 Å². The van der Waals surface area contributed by atoms with Gasteiger partial charge in [-0.2, -0.15) is 0 Å². The maximum atomic E-state index is 13.3. The molecular weight excluding hydrogens is 197 g/mol. The molecule has 0 amide bonds. The quantitative estimate of drug-likeness (QED) is 0.827. The highest BCUT2D eigenvalue weighted by atomic mass is 19.1. The van der Waals surface area contributed by atoms with Crippen molar-refractivity contribution in [3.8, 4) is 0 Å². The Bertz CT molecular complexity index is 354. The number of rotatable bonds is 4. The van der Waals surface area contributed by atoms with E-state index >= 15 is 0 Å². The first-order chi connectivity index (χ1) is 7.02. The van der Waals surface area contributed by atoms with E-state index in [2.05, 4.69) is 0 Å². The van der Waals surface area contributed by atoms with Crippen LogP contribution in [0.5, 0.6) is 0 Å². The predicted molar refractivity (Wildman–Crippen MR) is 56.5 cm³/mol. The van der Waals surface area contributed by atoms with E-state index < -0.39 is 11.9 Å². The number of carbonyl (C=O) groups is 1. The van der Waals surface area contributed by atoms with Crippen molar-refractivity contribution in [1.82, 2.24) is 0 Å². The van der Waals surface area contributed by atoms with Gasteiger partial charge in [-0.15, -0.1) is 0 Å². The van der Waals surface area contributed by atoms with Crippen LogP contribution in [-0.2, 0) is 4.79 Å². The molecule has 4 heteroatoms. The van der Waals surface area contributed by atoms with E-state index in [0.29, 0.717) is 5.69 Å². The average molecular weight is 211 g/mol. The van der Waals surface area contributed by atoms with Gasteiger partial charge in [-0.05, 0) is 12.1 Å². The summed E-state index contributed by atoms with van der Waals surface area (Å²) in [6, 6.07) is 6.31. The average Bonchev–Trinajstić information content (AvgIpc) is 2.18. The zero-order chi connectivity index (χ0) is 11.4. The van der Waals surface area contributed by atoms with Crippen LogP contribution in [0, 0.1) is 11.7 Å². The third kappa shape index (κ3) is 2.94. The summed E-state index contributed by atoms with van der Waals surface area (Å²) in [6.07, 6.45) is 0. The molecule has 0 aliphatic heterocycles. The largest absolute Gasteiger partial charge is 0.481 e. The molecule has 0 saturated carbocycles. The number of anilines is 1. The van der Waals surface area contributed by atoms with Gasteiger partial charge in [0.15, 0.2) is 0 Å². The fourth-order valence-electron chi connectivity index (χ4n) is 1.35. The number of aliphatic carboxylic acids is 1. The maximum absolute atomic E-state index is 13.3. The third-order valence-electron chi connectivity index (χ3n) is 2.23. The van der Waals surface area contributed by atoms with Gasteiger partial charge < -0.3 is 10.0 Å². The molecule has 0 fully saturated rings. The van der Waals surface area contributed by atoms with E-state index in [1.165, 1.54) is 6.07 Å². The van der Waals surface area contributed by atoms with Crippen LogP contribution in [0.2, 0.25) is 0 Å². The molecule has 0 aromatic heterocycles. The summed E-state index contributed by atoms with van der Waals surface area (Å²) in [4.78, 5) is 12.2. The van der Waals surface area contributed by atoms with Crippen LogP contribution in [0.4, 0.5) is 10.1 Å². The molecule has 1 N–H and O–H groups in total. The van der Waals surface area contributed by atoms with E-state index in [1.807, 2.05) is 0 Å². The first-order valence-corrected chi connectivity index (χ1v) is 4.71. The minimum absolute atomic E-state index is 0.288. The molecule has 1 aromatic rings. The molecule has 15 heavy (non-hydrogen) atoms. The van der Waals surface area contributed by atoms with Crippen molar-refractivity contribution >= 4 is 11.7 Å². The van der Waals surface area contributed by atoms with Crippen molar-refractivity contribution in [2.75, 3.05) is 18.5 Å². The van der Waals surface area contributed by atoms with Gasteiger partial charge in [-0.1, -0.05) is 19.1 Å². The standard InChI is InChI=1S/C11H14FNO2/c1-8(11(14)15)7-13(2)10-6-4-3-5-9(10)12/h3-6,8H,7H2,1-2H3,(H,14,15). The van der Waals surface area contributed by atoms with Crippen LogP contribution in [0.3, 0.4) is 0 Å². The van der Waals surface area contributed by atoms with Gasteiger partial charge in [-0.25, -0.2) is 4.39 Å². The van der Waals surface area contributed by atoms with Crippen LogP contribution in [0.15, 0.2) is 24.3 Å². The summed E-state index contributed by atoms with van der Waals surface area (Å²) in [5, 5.41) is 8.73. The summed E-state index contributed by atoms with van der Waals surface area (Å²) >= 11 is 0. The highest BCUT2D eigenvalue weighted by Gasteiger charge is 2.15. The molecule has 1 atom stereocenters. The summed E-state index contributed by atoms with van der Waals surface area (Å²) < 4.78 is 13.3. The number of carboxylic acid groups (broad SMARTS) is 1. The Balaban J connectivity index is 2.73. The molecular formula is C11H14FNO2. The number of halogens is 1. The van der Waals surface area contributed by atoms with Crippen molar-refractivity contribution in [3.63, 3.8) is 0 Å². The molecule has 0 radical (unpaired) electrons. The SMILES string of the molecule is CC(CN(C)c1ccccc1F)C(=O)O. The Hall–Kier alpha value is -1.58. The Labute approximate surface area is 88.1 Å². The van der Waals surface area contributed by atoms with Crippen LogP contribution in [0.1, 0.15) is 6.92 Å². The van der Waals surface area contributed by atoms with Gasteiger partial charge >= 0.3 is 5.97 Å². The van der Waals surface area contributed by atoms with Crippen molar-refractivity contribution in [2.45, 2.75) is 6.92 Å². The van der Waals surface area contributed by atoms with Gasteiger partial charge in [0.2, 0.25) is 0 Å². The van der Waals surface area contributed by atoms with E-state index in [1.54, 1.807) is 37.1 Å². The molecule has 0 spiro atoms. The summed E-state index contributed by atoms with van der Waals surface area (Å²) in [5.74, 6) is -1.73. The zero-order valence-electron chi connectivity index (χ0n) is 8.77. The van der Waals surface area contributed by atoms with E-state index in [4.69, 9.17) is 5.11 Å². The van der Waals surface area contributed by atoms with Crippen molar-refractivity contribution in [1.29, 1.82) is 0 Å². The second-order valence-electron chi connectivity index (χ2n) is 3.57. The normalized spacial score (nSPS) is 12.2. The minimum atomic E-state index is -0.877. The Morgan fingerprint density at radius 1 is 1.53 bits per heavy atom. The molecule has 0 bridgehead atoms. The highest BCUT2D eigenvalue weighted by molar-refractivity contribution is 5.70. The van der Waals surface area contributed by atoms with Crippen LogP contribution >= 0.6 is 0 Å². The van der Waals surface area contributed by atoms with Gasteiger partial charge in [0.25, 0.3) is 0 Å². The number of para-hydroxylation sites is 1. The van der Waals surface area contributed by atoms with Crippen LogP contribution < -0.4 is 4.90 Å². The minimum Gasteiger partial charge on any atom is -0.481 e. The Morgan fingerprint density at radius 3 is 2.67 bits per heavy atom. The van der Waals surface area contributed by atoms with Crippen LogP contribution in [-0.4, -0.2) is 24.7 Å². The second-order valence-corrected chi connectivity index (χ2v) is 3.57. The number of hydrogen-bond donors (Lipinski definition) is 1. The van der Waals surface area contributed by atoms with Crippen molar-refractivity contribution < 1.29 is 14.3 Å². The molecule has 1 aromatic carbocycles. The lowest BCUT2D eigenvalue weighted by molar-refractivity contribution is -0.140. The number of benzene rings is 1. The predicted octanol–water partition coefficient (Wildman–Crippen LogP) is 1.98. The molecule has 1 rings (SSSR count). The van der Waals surface area contributed by atoms with E-state index in [-0.39, 0.29) is 12.4 Å². The summed E-state index contributed by atoms with van der Waals surface area (Å²) in [5.41, 5.74) is 0.422. The van der Waals surface area contributed by atoms with Crippen molar-refractivity contribution in [2.24, 2.45) is 5.92 Å². The molecule has 0 aliphatic rings. The second kappa shape index (κ2) is 4.77. The molecule has 0 aliphatic carbocycles. The lowest BCUT2D eigenvalue weighted by Crippen LogP contribution is -2.28. The number of nitrogens with zero attached hydrogens (tertiary/aromatic N) is 1. The van der Waals surface area contributed by atoms with Gasteiger partial charge in [0.05, 0.1) is 11.6 Å². The molecule has 3 nitrogen and oxygen atoms in total. The van der Waals surface area contributed by atoms with Gasteiger partial charge in [-0.3, -0.25) is 4.79 Å². The fourth-order valence-corrected chi connectivity index (χ4v) is 1.35. The third-order valence-corrected chi connectivity index (χ3v) is 2.23. The number of hydrogen-bond acceptors (Lipinski definition) is 2. The molecule has 0 saturated heterocycles. The molecule has 1 unspecified atom stereocenters. The van der Waals surface area contributed by atoms with Crippen LogP contribution in [0.25, 0.3) is 0 Å². The summed E-state index contributed by atoms with van der Waals surface area (Å²) in [7, 11) is 1.68. The fraction of sp³-hybridized carbons (Fsp3) is 0.364. The van der Waals surface area contributed by atoms with E-state index in [9.17, 15) is 9.18 Å². The maximum Gasteiger partial charge on any atom is 0.308 e. The first kappa shape index (κ1) is 11.5. The van der Waals surface area contributed by atoms with Crippen molar-refractivity contribution in [3.05, 3.63) is 30.1 Å². The zero-order valence-corrected chi connectivity index (χ0v) is 8.77. The monoisotopic (exact) mass is 211 g/mol. The lowest BCUT2D eigenvalue weighted by atomic mass is 10.1. The first-order valence-electron chi connectivity index (χ1n) is 4.71. The number of carboxylic acids is 1. The van der Waals surface area contributed by atoms with Gasteiger partial charge in [0.1, 0.15) is 5.82 Å². The summed E-state index contributed by atoms with van der Waals surface area (Å²) in [6.45, 7) is 1.88. The smallest absolute Gasteiger partial charge is 0.308 e. The molecule has 0 heterocycles.